The highest BCUT2D eigenvalue weighted by Gasteiger charge is 2.43. The SMILES string of the molecule is COc1ccc(C[NH2+]CC[C@@]2(O)C[C@H](C)[NH+](C)C[C@H]2C)cc1. The Morgan fingerprint density at radius 3 is 2.64 bits per heavy atom. The van der Waals surface area contributed by atoms with Gasteiger partial charge in [-0.1, -0.05) is 6.92 Å². The highest BCUT2D eigenvalue weighted by Crippen LogP contribution is 2.27. The number of rotatable bonds is 6. The zero-order chi connectivity index (χ0) is 16.2. The topological polar surface area (TPSA) is 50.5 Å². The molecule has 1 saturated heterocycles. The van der Waals surface area contributed by atoms with Crippen LogP contribution in [0, 0.1) is 5.92 Å². The average Bonchev–Trinajstić information content (AvgIpc) is 2.50. The van der Waals surface area contributed by atoms with Gasteiger partial charge in [0, 0.05) is 24.3 Å². The minimum Gasteiger partial charge on any atom is -0.497 e. The van der Waals surface area contributed by atoms with Crippen molar-refractivity contribution in [3.63, 3.8) is 0 Å². The third-order valence-electron chi connectivity index (χ3n) is 5.37. The molecule has 4 atom stereocenters. The van der Waals surface area contributed by atoms with Crippen molar-refractivity contribution in [1.29, 1.82) is 0 Å². The molecule has 1 aliphatic heterocycles. The molecule has 0 radical (unpaired) electrons. The van der Waals surface area contributed by atoms with Gasteiger partial charge in [-0.3, -0.25) is 0 Å². The van der Waals surface area contributed by atoms with Crippen molar-refractivity contribution in [2.75, 3.05) is 27.2 Å². The van der Waals surface area contributed by atoms with Crippen molar-refractivity contribution in [3.8, 4) is 5.75 Å². The van der Waals surface area contributed by atoms with Gasteiger partial charge < -0.3 is 20.1 Å². The number of likely N-dealkylation sites (tertiary alicyclic amines) is 1. The van der Waals surface area contributed by atoms with Crippen LogP contribution in [0.3, 0.4) is 0 Å². The highest BCUT2D eigenvalue weighted by molar-refractivity contribution is 5.26. The van der Waals surface area contributed by atoms with Crippen molar-refractivity contribution < 1.29 is 20.1 Å². The molecule has 1 unspecified atom stereocenters. The molecule has 4 N–H and O–H groups in total. The average molecular weight is 308 g/mol. The van der Waals surface area contributed by atoms with Crippen LogP contribution in [0.5, 0.6) is 5.75 Å². The van der Waals surface area contributed by atoms with E-state index in [4.69, 9.17) is 4.74 Å². The van der Waals surface area contributed by atoms with Crippen molar-refractivity contribution in [1.82, 2.24) is 0 Å². The smallest absolute Gasteiger partial charge is 0.118 e. The van der Waals surface area contributed by atoms with E-state index in [2.05, 4.69) is 38.3 Å². The maximum absolute atomic E-state index is 10.9. The third kappa shape index (κ3) is 4.22. The van der Waals surface area contributed by atoms with E-state index in [1.807, 2.05) is 12.1 Å². The van der Waals surface area contributed by atoms with Crippen LogP contribution >= 0.6 is 0 Å². The Balaban J connectivity index is 1.77. The lowest BCUT2D eigenvalue weighted by Gasteiger charge is -2.43. The molecule has 1 aromatic rings. The molecule has 0 amide bonds. The number of benzene rings is 1. The number of methoxy groups -OCH3 is 1. The predicted octanol–water partition coefficient (Wildman–Crippen LogP) is -0.177. The standard InChI is InChI=1S/C18H30N2O2/c1-14-13-20(3)15(2)11-18(14,21)9-10-19-12-16-5-7-17(22-4)8-6-16/h5-8,14-15,19,21H,9-13H2,1-4H3/p+2/t14-,15+,18-/m1/s1. The van der Waals surface area contributed by atoms with E-state index < -0.39 is 5.60 Å². The normalized spacial score (nSPS) is 32.0. The van der Waals surface area contributed by atoms with Crippen molar-refractivity contribution in [2.24, 2.45) is 5.92 Å². The Morgan fingerprint density at radius 1 is 1.32 bits per heavy atom. The van der Waals surface area contributed by atoms with Crippen LogP contribution in [-0.4, -0.2) is 44.0 Å². The second-order valence-corrected chi connectivity index (χ2v) is 7.04. The van der Waals surface area contributed by atoms with Gasteiger partial charge in [0.2, 0.25) is 0 Å². The van der Waals surface area contributed by atoms with Gasteiger partial charge >= 0.3 is 0 Å². The van der Waals surface area contributed by atoms with E-state index in [0.717, 1.165) is 38.2 Å². The number of ether oxygens (including phenoxy) is 1. The largest absolute Gasteiger partial charge is 0.497 e. The van der Waals surface area contributed by atoms with Crippen molar-refractivity contribution in [2.45, 2.75) is 44.9 Å². The second kappa shape index (κ2) is 7.44. The molecule has 124 valence electrons. The molecule has 0 aliphatic carbocycles. The number of hydrogen-bond acceptors (Lipinski definition) is 2. The van der Waals surface area contributed by atoms with Crippen LogP contribution in [-0.2, 0) is 6.54 Å². The second-order valence-electron chi connectivity index (χ2n) is 7.04. The zero-order valence-electron chi connectivity index (χ0n) is 14.4. The van der Waals surface area contributed by atoms with E-state index in [1.54, 1.807) is 12.0 Å². The zero-order valence-corrected chi connectivity index (χ0v) is 14.4. The van der Waals surface area contributed by atoms with Crippen molar-refractivity contribution >= 4 is 0 Å². The van der Waals surface area contributed by atoms with Gasteiger partial charge in [-0.2, -0.15) is 0 Å². The molecule has 0 saturated carbocycles. The number of aliphatic hydroxyl groups is 1. The lowest BCUT2D eigenvalue weighted by molar-refractivity contribution is -0.916. The first kappa shape index (κ1) is 17.3. The lowest BCUT2D eigenvalue weighted by Crippen LogP contribution is -3.15. The Kier molecular flexibility index (Phi) is 5.84. The summed E-state index contributed by atoms with van der Waals surface area (Å²) in [5, 5.41) is 13.2. The van der Waals surface area contributed by atoms with Gasteiger partial charge in [0.1, 0.15) is 12.3 Å². The van der Waals surface area contributed by atoms with E-state index in [-0.39, 0.29) is 0 Å². The first-order chi connectivity index (χ1) is 10.4. The van der Waals surface area contributed by atoms with E-state index >= 15 is 0 Å². The third-order valence-corrected chi connectivity index (χ3v) is 5.37. The first-order valence-electron chi connectivity index (χ1n) is 8.44. The summed E-state index contributed by atoms with van der Waals surface area (Å²) in [5.41, 5.74) is 0.803. The number of quaternary nitrogens is 2. The maximum Gasteiger partial charge on any atom is 0.118 e. The molecule has 2 rings (SSSR count). The van der Waals surface area contributed by atoms with Gasteiger partial charge in [0.25, 0.3) is 0 Å². The molecule has 4 nitrogen and oxygen atoms in total. The van der Waals surface area contributed by atoms with Crippen LogP contribution in [0.4, 0.5) is 0 Å². The summed E-state index contributed by atoms with van der Waals surface area (Å²) in [6.45, 7) is 7.43. The molecule has 1 heterocycles. The van der Waals surface area contributed by atoms with Gasteiger partial charge in [-0.25, -0.2) is 0 Å². The first-order valence-corrected chi connectivity index (χ1v) is 8.44. The fourth-order valence-corrected chi connectivity index (χ4v) is 3.51. The number of piperidine rings is 1. The van der Waals surface area contributed by atoms with E-state index in [0.29, 0.717) is 12.0 Å². The highest BCUT2D eigenvalue weighted by atomic mass is 16.5. The van der Waals surface area contributed by atoms with Crippen LogP contribution in [0.25, 0.3) is 0 Å². The number of nitrogens with two attached hydrogens (primary N) is 1. The van der Waals surface area contributed by atoms with Gasteiger partial charge in [0.15, 0.2) is 0 Å². The summed E-state index contributed by atoms with van der Waals surface area (Å²) >= 11 is 0. The fraction of sp³-hybridized carbons (Fsp3) is 0.667. The van der Waals surface area contributed by atoms with Crippen LogP contribution < -0.4 is 15.0 Å². The molecule has 22 heavy (non-hydrogen) atoms. The Labute approximate surface area is 134 Å². The summed E-state index contributed by atoms with van der Waals surface area (Å²) in [6, 6.07) is 8.75. The minimum absolute atomic E-state index is 0.373. The summed E-state index contributed by atoms with van der Waals surface area (Å²) in [4.78, 5) is 1.54. The number of nitrogens with one attached hydrogen (secondary N) is 1. The molecule has 0 spiro atoms. The molecule has 0 bridgehead atoms. The van der Waals surface area contributed by atoms with Crippen LogP contribution in [0.2, 0.25) is 0 Å². The molecule has 0 aromatic heterocycles. The fourth-order valence-electron chi connectivity index (χ4n) is 3.51. The van der Waals surface area contributed by atoms with Crippen molar-refractivity contribution in [3.05, 3.63) is 29.8 Å². The molecule has 1 aromatic carbocycles. The Morgan fingerprint density at radius 2 is 2.00 bits per heavy atom. The quantitative estimate of drug-likeness (QED) is 0.639. The lowest BCUT2D eigenvalue weighted by atomic mass is 9.77. The minimum atomic E-state index is -0.491. The molecule has 1 fully saturated rings. The van der Waals surface area contributed by atoms with E-state index in [9.17, 15) is 5.11 Å². The summed E-state index contributed by atoms with van der Waals surface area (Å²) in [7, 11) is 3.92. The molecular formula is C18H32N2O2+2. The number of hydrogen-bond donors (Lipinski definition) is 3. The molecule has 4 heteroatoms. The Hall–Kier alpha value is -1.10. The summed E-state index contributed by atoms with van der Waals surface area (Å²) in [6.07, 6.45) is 1.79. The molecule has 1 aliphatic rings. The maximum atomic E-state index is 10.9. The summed E-state index contributed by atoms with van der Waals surface area (Å²) < 4.78 is 5.17. The summed E-state index contributed by atoms with van der Waals surface area (Å²) in [5.74, 6) is 1.27. The van der Waals surface area contributed by atoms with Crippen LogP contribution in [0.1, 0.15) is 32.3 Å². The van der Waals surface area contributed by atoms with Gasteiger partial charge in [0.05, 0.1) is 38.9 Å². The van der Waals surface area contributed by atoms with Gasteiger partial charge in [-0.15, -0.1) is 0 Å². The monoisotopic (exact) mass is 308 g/mol. The Bertz CT molecular complexity index is 463. The van der Waals surface area contributed by atoms with E-state index in [1.165, 1.54) is 5.56 Å². The van der Waals surface area contributed by atoms with Gasteiger partial charge in [-0.05, 0) is 31.2 Å². The molecular weight excluding hydrogens is 276 g/mol. The predicted molar refractivity (Wildman–Crippen MR) is 88.1 cm³/mol. The van der Waals surface area contributed by atoms with Crippen LogP contribution in [0.15, 0.2) is 24.3 Å².